The van der Waals surface area contributed by atoms with Crippen molar-refractivity contribution in [3.8, 4) is 5.75 Å². The molecule has 0 saturated heterocycles. The molecule has 314 valence electrons. The number of hydrogen-bond acceptors (Lipinski definition) is 5. The Labute approximate surface area is 348 Å². The van der Waals surface area contributed by atoms with E-state index in [1.54, 1.807) is 6.07 Å². The Morgan fingerprint density at radius 1 is 1.00 bits per heavy atom. The van der Waals surface area contributed by atoms with Gasteiger partial charge in [0.05, 0.1) is 24.3 Å². The molecule has 0 heterocycles. The van der Waals surface area contributed by atoms with Gasteiger partial charge in [-0.1, -0.05) is 90.8 Å². The second-order valence-corrected chi connectivity index (χ2v) is 16.8. The number of amides is 2. The number of carbonyl (C=O) groups is 2. The summed E-state index contributed by atoms with van der Waals surface area (Å²) in [5.41, 5.74) is 1.94. The van der Waals surface area contributed by atoms with Crippen LogP contribution in [0.3, 0.4) is 0 Å². The van der Waals surface area contributed by atoms with E-state index in [9.17, 15) is 33.0 Å². The van der Waals surface area contributed by atoms with Gasteiger partial charge >= 0.3 is 12.4 Å². The number of allylic oxidation sites excluding steroid dienone is 2. The van der Waals surface area contributed by atoms with Gasteiger partial charge in [0, 0.05) is 34.5 Å². The van der Waals surface area contributed by atoms with Crippen LogP contribution in [0.1, 0.15) is 109 Å². The van der Waals surface area contributed by atoms with Crippen molar-refractivity contribution in [1.29, 1.82) is 0 Å². The molecule has 5 atom stereocenters. The second kappa shape index (κ2) is 18.3. The summed E-state index contributed by atoms with van der Waals surface area (Å²) < 4.78 is 58.0. The number of alkyl halides is 3. The maximum absolute atomic E-state index is 15.0. The van der Waals surface area contributed by atoms with Crippen molar-refractivity contribution >= 4 is 23.4 Å². The van der Waals surface area contributed by atoms with Gasteiger partial charge in [-0.15, -0.1) is 13.2 Å². The first-order chi connectivity index (χ1) is 27.9. The first-order valence-corrected chi connectivity index (χ1v) is 20.4. The summed E-state index contributed by atoms with van der Waals surface area (Å²) in [6.45, 7) is 5.69. The number of nitrogens with one attached hydrogen (secondary N) is 1. The number of aliphatic hydroxyl groups excluding tert-OH is 1. The van der Waals surface area contributed by atoms with E-state index < -0.39 is 47.1 Å². The van der Waals surface area contributed by atoms with Crippen LogP contribution >= 0.6 is 11.6 Å². The molecule has 4 aromatic carbocycles. The minimum atomic E-state index is -4.87. The fourth-order valence-electron chi connectivity index (χ4n) is 8.83. The molecule has 1 fully saturated rings. The number of nitrogens with zero attached hydrogens (tertiary/aromatic N) is 1. The highest BCUT2D eigenvalue weighted by Gasteiger charge is 2.57. The number of ketones is 1. The molecule has 1 saturated carbocycles. The third-order valence-corrected chi connectivity index (χ3v) is 12.6. The predicted octanol–water partition coefficient (Wildman–Crippen LogP) is 10.8. The zero-order valence-corrected chi connectivity index (χ0v) is 34.3. The van der Waals surface area contributed by atoms with Crippen molar-refractivity contribution in [2.45, 2.75) is 109 Å². The number of hydrogen-bond donors (Lipinski definition) is 3. The number of ether oxygens (including phenoxy) is 1. The van der Waals surface area contributed by atoms with Crippen molar-refractivity contribution in [1.82, 2.24) is 10.2 Å². The molecule has 0 unspecified atom stereocenters. The van der Waals surface area contributed by atoms with Crippen LogP contribution in [-0.4, -0.2) is 51.5 Å². The molecule has 0 spiro atoms. The summed E-state index contributed by atoms with van der Waals surface area (Å²) >= 11 is 6.38. The number of carbonyl (C=O) groups excluding carboxylic acids is 2. The fourth-order valence-corrected chi connectivity index (χ4v) is 9.06. The lowest BCUT2D eigenvalue weighted by atomic mass is 9.64. The van der Waals surface area contributed by atoms with Gasteiger partial charge in [0.25, 0.3) is 0 Å². The smallest absolute Gasteiger partial charge is 0.406 e. The van der Waals surface area contributed by atoms with Crippen LogP contribution in [0.2, 0.25) is 5.02 Å². The maximum atomic E-state index is 15.0. The normalized spacial score (nSPS) is 22.8. The Bertz CT molecular complexity index is 2130. The number of fused-ring (bicyclic) bond motifs is 8. The van der Waals surface area contributed by atoms with Gasteiger partial charge in [0.2, 0.25) is 0 Å². The van der Waals surface area contributed by atoms with E-state index in [4.69, 9.17) is 11.6 Å². The summed E-state index contributed by atoms with van der Waals surface area (Å²) in [5, 5.41) is 27.3. The van der Waals surface area contributed by atoms with E-state index in [1.165, 1.54) is 47.4 Å². The van der Waals surface area contributed by atoms with E-state index in [-0.39, 0.29) is 48.2 Å². The highest BCUT2D eigenvalue weighted by atomic mass is 35.5. The molecule has 2 amide bonds. The highest BCUT2D eigenvalue weighted by molar-refractivity contribution is 6.31. The summed E-state index contributed by atoms with van der Waals surface area (Å²) in [4.78, 5) is 30.1. The van der Waals surface area contributed by atoms with E-state index in [0.717, 1.165) is 16.7 Å². The summed E-state index contributed by atoms with van der Waals surface area (Å²) in [6.07, 6.45) is -0.442. The Kier molecular flexibility index (Phi) is 13.6. The number of rotatable bonds is 10. The second-order valence-electron chi connectivity index (χ2n) is 16.4. The van der Waals surface area contributed by atoms with Gasteiger partial charge < -0.3 is 25.2 Å². The van der Waals surface area contributed by atoms with Crippen molar-refractivity contribution in [2.24, 2.45) is 5.41 Å². The lowest BCUT2D eigenvalue weighted by Gasteiger charge is -2.46. The van der Waals surface area contributed by atoms with Crippen molar-refractivity contribution in [3.63, 3.8) is 0 Å². The molecule has 3 aliphatic rings. The van der Waals surface area contributed by atoms with Gasteiger partial charge in [-0.3, -0.25) is 4.79 Å². The molecule has 7 nitrogen and oxygen atoms in total. The van der Waals surface area contributed by atoms with Crippen molar-refractivity contribution in [2.75, 3.05) is 6.54 Å². The Morgan fingerprint density at radius 3 is 2.42 bits per heavy atom. The number of urea groups is 1. The van der Waals surface area contributed by atoms with Crippen LogP contribution in [0, 0.1) is 11.2 Å². The third kappa shape index (κ3) is 10.5. The first kappa shape index (κ1) is 43.9. The Balaban J connectivity index is 1.39. The molecule has 0 radical (unpaired) electrons. The van der Waals surface area contributed by atoms with Gasteiger partial charge in [-0.05, 0) is 117 Å². The highest BCUT2D eigenvalue weighted by Crippen LogP contribution is 2.59. The minimum Gasteiger partial charge on any atom is -0.406 e. The number of Topliss-reactive ketones (excluding diaryl/α,β-unsaturated/α-hetero) is 1. The minimum absolute atomic E-state index is 0.0358. The quantitative estimate of drug-likeness (QED) is 0.0840. The van der Waals surface area contributed by atoms with Crippen LogP contribution in [0.15, 0.2) is 103 Å². The Hall–Kier alpha value is -4.71. The number of halogens is 5. The van der Waals surface area contributed by atoms with E-state index in [0.29, 0.717) is 55.2 Å². The molecule has 0 aliphatic heterocycles. The van der Waals surface area contributed by atoms with Crippen molar-refractivity contribution < 1.29 is 42.1 Å². The number of aliphatic hydroxyl groups is 2. The van der Waals surface area contributed by atoms with Crippen molar-refractivity contribution in [3.05, 3.63) is 147 Å². The van der Waals surface area contributed by atoms with Crippen LogP contribution < -0.4 is 10.1 Å². The van der Waals surface area contributed by atoms with Crippen LogP contribution in [0.4, 0.5) is 22.4 Å². The largest absolute Gasteiger partial charge is 0.573 e. The summed E-state index contributed by atoms with van der Waals surface area (Å²) in [7, 11) is 0. The zero-order chi connectivity index (χ0) is 42.5. The van der Waals surface area contributed by atoms with E-state index >= 15 is 4.39 Å². The molecule has 59 heavy (non-hydrogen) atoms. The van der Waals surface area contributed by atoms with E-state index in [1.807, 2.05) is 63.2 Å². The van der Waals surface area contributed by atoms with Crippen LogP contribution in [-0.2, 0) is 19.4 Å². The van der Waals surface area contributed by atoms with E-state index in [2.05, 4.69) is 16.1 Å². The maximum Gasteiger partial charge on any atom is 0.573 e. The molecule has 0 aromatic heterocycles. The lowest BCUT2D eigenvalue weighted by molar-refractivity contribution is -0.274. The molecule has 12 heteroatoms. The van der Waals surface area contributed by atoms with Gasteiger partial charge in [0.1, 0.15) is 11.6 Å². The third-order valence-electron chi connectivity index (χ3n) is 12.3. The topological polar surface area (TPSA) is 99.1 Å². The van der Waals surface area contributed by atoms with Gasteiger partial charge in [-0.25, -0.2) is 9.18 Å². The van der Waals surface area contributed by atoms with Crippen LogP contribution in [0.5, 0.6) is 5.75 Å². The lowest BCUT2D eigenvalue weighted by Crippen LogP contribution is -2.55. The average molecular weight is 835 g/mol. The molecule has 3 N–H and O–H groups in total. The molecule has 4 aromatic rings. The van der Waals surface area contributed by atoms with Gasteiger partial charge in [-0.2, -0.15) is 0 Å². The zero-order valence-electron chi connectivity index (χ0n) is 33.5. The average Bonchev–Trinajstić information content (AvgIpc) is 3.44. The SMILES string of the molecule is CC1=CCC[C@@]2(C)[C@@H](CC[C@@]2(O)CN(Cc2ccc(OC(F)(F)F)cc2)C(=O)N[C@H](C)c2ccccc2)c2ccc(cc2C(=O)Cc2c(F)cccc2Cl)C[C@@H](O)CC1. The predicted molar refractivity (Wildman–Crippen MR) is 220 cm³/mol. The van der Waals surface area contributed by atoms with Crippen LogP contribution in [0.25, 0.3) is 0 Å². The van der Waals surface area contributed by atoms with Gasteiger partial charge in [0.15, 0.2) is 5.78 Å². The molecular weight excluding hydrogens is 784 g/mol. The fraction of sp³-hybridized carbons (Fsp3) is 0.404. The summed E-state index contributed by atoms with van der Waals surface area (Å²) in [5.74, 6) is -1.72. The molecule has 2 bridgehead atoms. The molecular formula is C47H51ClF4N2O5. The number of benzene rings is 4. The monoisotopic (exact) mass is 834 g/mol. The molecule has 7 rings (SSSR count). The first-order valence-electron chi connectivity index (χ1n) is 20.0. The summed E-state index contributed by atoms with van der Waals surface area (Å²) in [6, 6.07) is 23.6. The molecule has 3 aliphatic carbocycles. The Morgan fingerprint density at radius 2 is 1.73 bits per heavy atom. The standard InChI is InChI=1S/C47H51ClF4N2O5/c1-30-9-8-23-45(3)40(37-21-17-33(25-35(55)18-14-30)26-38(37)43(56)27-39-41(48)12-7-13-42(39)49)22-24-46(45,58)29-54(44(57)53-31(2)34-10-5-4-6-11-34)28-32-15-19-36(20-16-32)59-47(50,51)52/h4-7,9-13,15-17,19-21,26,31,35,40,55,58H,8,14,18,22-25,27-29H2,1-3H3,(H,53,57)/t31-,35+,40+,45+,46-/m1/s1.